The smallest absolute Gasteiger partial charge is 0.410 e. The van der Waals surface area contributed by atoms with Gasteiger partial charge in [0.05, 0.1) is 11.5 Å². The van der Waals surface area contributed by atoms with E-state index in [1.54, 1.807) is 29.2 Å². The van der Waals surface area contributed by atoms with Gasteiger partial charge in [-0.1, -0.05) is 17.7 Å². The molecule has 0 radical (unpaired) electrons. The predicted molar refractivity (Wildman–Crippen MR) is 94.8 cm³/mol. The summed E-state index contributed by atoms with van der Waals surface area (Å²) in [6, 6.07) is 6.55. The minimum Gasteiger partial charge on any atom is -0.444 e. The lowest BCUT2D eigenvalue weighted by Crippen LogP contribution is -2.44. The molecule has 6 nitrogen and oxygen atoms in total. The van der Waals surface area contributed by atoms with Crippen molar-refractivity contribution in [2.45, 2.75) is 51.0 Å². The number of rotatable bonds is 4. The van der Waals surface area contributed by atoms with E-state index in [0.717, 1.165) is 18.4 Å². The summed E-state index contributed by atoms with van der Waals surface area (Å²) in [6.45, 7) is 8.49. The van der Waals surface area contributed by atoms with E-state index in [2.05, 4.69) is 0 Å². The Kier molecular flexibility index (Phi) is 6.11. The minimum atomic E-state index is -3.78. The van der Waals surface area contributed by atoms with Crippen LogP contribution in [0.2, 0.25) is 0 Å². The number of ether oxygens (including phenoxy) is 1. The summed E-state index contributed by atoms with van der Waals surface area (Å²) in [5, 5.41) is 0. The average molecular weight is 369 g/mol. The van der Waals surface area contributed by atoms with Crippen molar-refractivity contribution < 1.29 is 22.1 Å². The van der Waals surface area contributed by atoms with Gasteiger partial charge in [-0.25, -0.2) is 4.79 Å². The quantitative estimate of drug-likeness (QED) is 0.761. The lowest BCUT2D eigenvalue weighted by molar-refractivity contribution is 0.0142. The number of amides is 1. The summed E-state index contributed by atoms with van der Waals surface area (Å²) in [5.74, 6) is -0.0264. The number of carbonyl (C=O) groups excluding carboxylic acids is 1. The largest absolute Gasteiger partial charge is 0.444 e. The number of likely N-dealkylation sites (tertiary alicyclic amines) is 1. The molecule has 2 rings (SSSR count). The summed E-state index contributed by atoms with van der Waals surface area (Å²) in [5.41, 5.74) is 0.439. The summed E-state index contributed by atoms with van der Waals surface area (Å²) < 4.78 is 35.1. The van der Waals surface area contributed by atoms with Crippen LogP contribution in [0, 0.1) is 12.8 Å². The van der Waals surface area contributed by atoms with Gasteiger partial charge in [0.2, 0.25) is 0 Å². The van der Waals surface area contributed by atoms with Gasteiger partial charge >= 0.3 is 6.09 Å². The monoisotopic (exact) mass is 369 g/mol. The third-order valence-corrected chi connectivity index (χ3v) is 5.24. The molecule has 1 aliphatic heterocycles. The Labute approximate surface area is 150 Å². The SMILES string of the molecule is Cc1ccc(S(=O)(=O)OCC2CCCN(C(=O)OC(C)(C)C)C2)cc1. The second-order valence-corrected chi connectivity index (χ2v) is 9.10. The maximum Gasteiger partial charge on any atom is 0.410 e. The van der Waals surface area contributed by atoms with Crippen LogP contribution < -0.4 is 0 Å². The van der Waals surface area contributed by atoms with Crippen molar-refractivity contribution in [3.63, 3.8) is 0 Å². The zero-order valence-corrected chi connectivity index (χ0v) is 16.1. The highest BCUT2D eigenvalue weighted by molar-refractivity contribution is 7.86. The Hall–Kier alpha value is -1.60. The van der Waals surface area contributed by atoms with Crippen molar-refractivity contribution in [1.29, 1.82) is 0 Å². The second-order valence-electron chi connectivity index (χ2n) is 7.49. The van der Waals surface area contributed by atoms with Crippen LogP contribution >= 0.6 is 0 Å². The number of benzene rings is 1. The Bertz CT molecular complexity index is 691. The van der Waals surface area contributed by atoms with Gasteiger partial charge in [0.1, 0.15) is 5.60 Å². The Morgan fingerprint density at radius 3 is 2.48 bits per heavy atom. The third kappa shape index (κ3) is 6.01. The first-order chi connectivity index (χ1) is 11.6. The summed E-state index contributed by atoms with van der Waals surface area (Å²) in [7, 11) is -3.78. The van der Waals surface area contributed by atoms with Gasteiger partial charge in [0.15, 0.2) is 0 Å². The first-order valence-electron chi connectivity index (χ1n) is 8.51. The summed E-state index contributed by atoms with van der Waals surface area (Å²) >= 11 is 0. The average Bonchev–Trinajstić information content (AvgIpc) is 2.52. The van der Waals surface area contributed by atoms with Crippen LogP contribution in [0.5, 0.6) is 0 Å². The minimum absolute atomic E-state index is 0.0264. The van der Waals surface area contributed by atoms with Gasteiger partial charge in [-0.3, -0.25) is 4.18 Å². The third-order valence-electron chi connectivity index (χ3n) is 3.94. The maximum absolute atomic E-state index is 12.3. The van der Waals surface area contributed by atoms with Crippen LogP contribution in [-0.4, -0.2) is 44.7 Å². The van der Waals surface area contributed by atoms with Crippen LogP contribution in [0.25, 0.3) is 0 Å². The zero-order chi connectivity index (χ0) is 18.7. The molecule has 1 atom stereocenters. The highest BCUT2D eigenvalue weighted by Crippen LogP contribution is 2.21. The Morgan fingerprint density at radius 2 is 1.88 bits per heavy atom. The topological polar surface area (TPSA) is 72.9 Å². The van der Waals surface area contributed by atoms with E-state index in [-0.39, 0.29) is 23.5 Å². The van der Waals surface area contributed by atoms with E-state index < -0.39 is 15.7 Å². The van der Waals surface area contributed by atoms with Crippen molar-refractivity contribution in [3.05, 3.63) is 29.8 Å². The fourth-order valence-corrected chi connectivity index (χ4v) is 3.63. The van der Waals surface area contributed by atoms with Crippen molar-refractivity contribution in [1.82, 2.24) is 4.90 Å². The molecule has 0 aromatic heterocycles. The molecular weight excluding hydrogens is 342 g/mol. The van der Waals surface area contributed by atoms with E-state index in [0.29, 0.717) is 13.1 Å². The fourth-order valence-electron chi connectivity index (χ4n) is 2.65. The number of hydrogen-bond acceptors (Lipinski definition) is 5. The lowest BCUT2D eigenvalue weighted by atomic mass is 9.99. The van der Waals surface area contributed by atoms with E-state index >= 15 is 0 Å². The number of piperidine rings is 1. The molecule has 1 aliphatic rings. The van der Waals surface area contributed by atoms with E-state index in [1.807, 2.05) is 27.7 Å². The molecule has 0 spiro atoms. The number of hydrogen-bond donors (Lipinski definition) is 0. The molecule has 1 saturated heterocycles. The second kappa shape index (κ2) is 7.74. The molecule has 140 valence electrons. The van der Waals surface area contributed by atoms with Crippen molar-refractivity contribution in [2.24, 2.45) is 5.92 Å². The normalized spacial score (nSPS) is 18.9. The van der Waals surface area contributed by atoms with Crippen LogP contribution in [0.1, 0.15) is 39.2 Å². The molecule has 1 aromatic carbocycles. The molecule has 25 heavy (non-hydrogen) atoms. The Balaban J connectivity index is 1.92. The van der Waals surface area contributed by atoms with Crippen molar-refractivity contribution in [2.75, 3.05) is 19.7 Å². The van der Waals surface area contributed by atoms with Gasteiger partial charge in [-0.2, -0.15) is 8.42 Å². The molecule has 0 aliphatic carbocycles. The van der Waals surface area contributed by atoms with Crippen LogP contribution in [-0.2, 0) is 19.0 Å². The van der Waals surface area contributed by atoms with Crippen LogP contribution in [0.15, 0.2) is 29.2 Å². The van der Waals surface area contributed by atoms with E-state index in [9.17, 15) is 13.2 Å². The van der Waals surface area contributed by atoms with Crippen molar-refractivity contribution in [3.8, 4) is 0 Å². The highest BCUT2D eigenvalue weighted by atomic mass is 32.2. The maximum atomic E-state index is 12.3. The molecule has 1 amide bonds. The molecule has 0 N–H and O–H groups in total. The fraction of sp³-hybridized carbons (Fsp3) is 0.611. The van der Waals surface area contributed by atoms with Crippen LogP contribution in [0.4, 0.5) is 4.79 Å². The van der Waals surface area contributed by atoms with Crippen molar-refractivity contribution >= 4 is 16.2 Å². The first kappa shape index (κ1) is 19.7. The number of aryl methyl sites for hydroxylation is 1. The van der Waals surface area contributed by atoms with Gasteiger partial charge in [-0.05, 0) is 52.7 Å². The molecule has 1 unspecified atom stereocenters. The zero-order valence-electron chi connectivity index (χ0n) is 15.3. The van der Waals surface area contributed by atoms with E-state index in [4.69, 9.17) is 8.92 Å². The van der Waals surface area contributed by atoms with E-state index in [1.165, 1.54) is 0 Å². The first-order valence-corrected chi connectivity index (χ1v) is 9.92. The van der Waals surface area contributed by atoms with Gasteiger partial charge < -0.3 is 9.64 Å². The van der Waals surface area contributed by atoms with Crippen LogP contribution in [0.3, 0.4) is 0 Å². The molecule has 0 bridgehead atoms. The lowest BCUT2D eigenvalue weighted by Gasteiger charge is -2.33. The van der Waals surface area contributed by atoms with Gasteiger partial charge in [0.25, 0.3) is 10.1 Å². The molecule has 7 heteroatoms. The number of carbonyl (C=O) groups is 1. The van der Waals surface area contributed by atoms with Gasteiger partial charge in [0, 0.05) is 19.0 Å². The highest BCUT2D eigenvalue weighted by Gasteiger charge is 2.29. The van der Waals surface area contributed by atoms with Gasteiger partial charge in [-0.15, -0.1) is 0 Å². The standard InChI is InChI=1S/C18H27NO5S/c1-14-7-9-16(10-8-14)25(21,22)23-13-15-6-5-11-19(12-15)17(20)24-18(2,3)4/h7-10,15H,5-6,11-13H2,1-4H3. The molecule has 1 fully saturated rings. The molecular formula is C18H27NO5S. The summed E-state index contributed by atoms with van der Waals surface area (Å²) in [6.07, 6.45) is 1.26. The number of nitrogens with zero attached hydrogens (tertiary/aromatic N) is 1. The predicted octanol–water partition coefficient (Wildman–Crippen LogP) is 3.35. The Morgan fingerprint density at radius 1 is 1.24 bits per heavy atom. The molecule has 1 aromatic rings. The molecule has 1 heterocycles. The summed E-state index contributed by atoms with van der Waals surface area (Å²) in [4.78, 5) is 13.9. The molecule has 0 saturated carbocycles.